The van der Waals surface area contributed by atoms with Crippen molar-refractivity contribution in [3.05, 3.63) is 18.2 Å². The molecule has 7 nitrogen and oxygen atoms in total. The molecule has 0 aliphatic carbocycles. The zero-order valence-electron chi connectivity index (χ0n) is 11.8. The van der Waals surface area contributed by atoms with E-state index in [0.717, 1.165) is 12.4 Å². The van der Waals surface area contributed by atoms with Gasteiger partial charge < -0.3 is 19.5 Å². The van der Waals surface area contributed by atoms with Crippen LogP contribution in [-0.2, 0) is 17.9 Å². The number of amides is 2. The second-order valence-corrected chi connectivity index (χ2v) is 5.17. The van der Waals surface area contributed by atoms with Crippen LogP contribution in [0.2, 0.25) is 0 Å². The van der Waals surface area contributed by atoms with Crippen LogP contribution in [0, 0.1) is 0 Å². The summed E-state index contributed by atoms with van der Waals surface area (Å²) in [7, 11) is 0. The highest BCUT2D eigenvalue weighted by molar-refractivity contribution is 5.76. The highest BCUT2D eigenvalue weighted by Gasteiger charge is 2.27. The fourth-order valence-electron chi connectivity index (χ4n) is 2.31. The Hall–Kier alpha value is -2.05. The number of hydrogen-bond donors (Lipinski definition) is 1. The maximum Gasteiger partial charge on any atom is 0.320 e. The first-order valence-corrected chi connectivity index (χ1v) is 6.76. The summed E-state index contributed by atoms with van der Waals surface area (Å²) in [6, 6.07) is -0.140. The quantitative estimate of drug-likeness (QED) is 0.892. The minimum atomic E-state index is -0.891. The first kappa shape index (κ1) is 14.4. The third-order valence-electron chi connectivity index (χ3n) is 3.45. The van der Waals surface area contributed by atoms with Crippen LogP contribution in [0.5, 0.6) is 0 Å². The van der Waals surface area contributed by atoms with Gasteiger partial charge >= 0.3 is 12.0 Å². The van der Waals surface area contributed by atoms with E-state index in [-0.39, 0.29) is 25.0 Å². The lowest BCUT2D eigenvalue weighted by molar-refractivity contribution is -0.137. The van der Waals surface area contributed by atoms with Gasteiger partial charge in [0, 0.05) is 38.1 Å². The van der Waals surface area contributed by atoms with Crippen molar-refractivity contribution < 1.29 is 14.7 Å². The monoisotopic (exact) mass is 280 g/mol. The van der Waals surface area contributed by atoms with Crippen molar-refractivity contribution >= 4 is 12.0 Å². The summed E-state index contributed by atoms with van der Waals surface area (Å²) in [5.74, 6) is -0.0239. The summed E-state index contributed by atoms with van der Waals surface area (Å²) in [4.78, 5) is 30.7. The van der Waals surface area contributed by atoms with Gasteiger partial charge in [0.1, 0.15) is 5.82 Å². The second kappa shape index (κ2) is 5.94. The molecule has 0 unspecified atom stereocenters. The number of aliphatic carboxylic acids is 1. The fourth-order valence-corrected chi connectivity index (χ4v) is 2.31. The van der Waals surface area contributed by atoms with Crippen LogP contribution >= 0.6 is 0 Å². The topological polar surface area (TPSA) is 78.7 Å². The van der Waals surface area contributed by atoms with Crippen molar-refractivity contribution in [2.24, 2.45) is 0 Å². The Kier molecular flexibility index (Phi) is 4.26. The SMILES string of the molecule is CC(C)N(CCC(=O)O)C(=O)N1CCn2ccnc2C1. The van der Waals surface area contributed by atoms with E-state index in [2.05, 4.69) is 4.98 Å². The van der Waals surface area contributed by atoms with E-state index >= 15 is 0 Å². The normalized spacial score (nSPS) is 14.2. The molecule has 1 aromatic heterocycles. The third kappa shape index (κ3) is 3.09. The average Bonchev–Trinajstić information content (AvgIpc) is 2.84. The fraction of sp³-hybridized carbons (Fsp3) is 0.615. The van der Waals surface area contributed by atoms with Gasteiger partial charge in [0.25, 0.3) is 0 Å². The molecule has 2 heterocycles. The Morgan fingerprint density at radius 2 is 2.20 bits per heavy atom. The maximum absolute atomic E-state index is 12.5. The van der Waals surface area contributed by atoms with Crippen LogP contribution in [0.3, 0.4) is 0 Å². The van der Waals surface area contributed by atoms with Crippen LogP contribution in [0.1, 0.15) is 26.1 Å². The number of urea groups is 1. The van der Waals surface area contributed by atoms with Crippen LogP contribution in [0.25, 0.3) is 0 Å². The zero-order valence-corrected chi connectivity index (χ0v) is 11.8. The standard InChI is InChI=1S/C13H20N4O3/c1-10(2)17(5-3-12(18)19)13(20)16-8-7-15-6-4-14-11(15)9-16/h4,6,10H,3,5,7-9H2,1-2H3,(H,18,19). The second-order valence-electron chi connectivity index (χ2n) is 5.17. The first-order chi connectivity index (χ1) is 9.49. The molecular weight excluding hydrogens is 260 g/mol. The third-order valence-corrected chi connectivity index (χ3v) is 3.45. The van der Waals surface area contributed by atoms with Crippen molar-refractivity contribution in [3.63, 3.8) is 0 Å². The molecule has 7 heteroatoms. The van der Waals surface area contributed by atoms with Gasteiger partial charge in [-0.2, -0.15) is 0 Å². The predicted octanol–water partition coefficient (Wildman–Crippen LogP) is 1.00. The number of hydrogen-bond acceptors (Lipinski definition) is 3. The minimum Gasteiger partial charge on any atom is -0.481 e. The highest BCUT2D eigenvalue weighted by atomic mass is 16.4. The molecule has 0 spiro atoms. The summed E-state index contributed by atoms with van der Waals surface area (Å²) in [6.45, 7) is 5.85. The zero-order chi connectivity index (χ0) is 14.7. The van der Waals surface area contributed by atoms with Gasteiger partial charge in [0.05, 0.1) is 13.0 Å². The van der Waals surface area contributed by atoms with E-state index < -0.39 is 5.97 Å². The lowest BCUT2D eigenvalue weighted by atomic mass is 10.3. The number of carboxylic acids is 1. The van der Waals surface area contributed by atoms with E-state index in [1.54, 1.807) is 16.0 Å². The predicted molar refractivity (Wildman–Crippen MR) is 72.1 cm³/mol. The smallest absolute Gasteiger partial charge is 0.320 e. The molecule has 0 saturated carbocycles. The molecule has 2 amide bonds. The number of rotatable bonds is 4. The van der Waals surface area contributed by atoms with E-state index in [1.807, 2.05) is 24.6 Å². The van der Waals surface area contributed by atoms with E-state index in [1.165, 1.54) is 0 Å². The Morgan fingerprint density at radius 3 is 2.85 bits per heavy atom. The van der Waals surface area contributed by atoms with Crippen molar-refractivity contribution in [1.29, 1.82) is 0 Å². The molecule has 0 bridgehead atoms. The maximum atomic E-state index is 12.5. The molecule has 1 aliphatic heterocycles. The van der Waals surface area contributed by atoms with Crippen LogP contribution in [-0.4, -0.2) is 55.6 Å². The molecular formula is C13H20N4O3. The minimum absolute atomic E-state index is 0.0245. The molecule has 20 heavy (non-hydrogen) atoms. The number of nitrogens with zero attached hydrogens (tertiary/aromatic N) is 4. The molecule has 1 aromatic rings. The molecule has 1 aliphatic rings. The molecule has 110 valence electrons. The van der Waals surface area contributed by atoms with Crippen LogP contribution in [0.15, 0.2) is 12.4 Å². The molecule has 0 aromatic carbocycles. The lowest BCUT2D eigenvalue weighted by Gasteiger charge is -2.35. The van der Waals surface area contributed by atoms with Gasteiger partial charge in [-0.15, -0.1) is 0 Å². The van der Waals surface area contributed by atoms with E-state index in [4.69, 9.17) is 5.11 Å². The highest BCUT2D eigenvalue weighted by Crippen LogP contribution is 2.14. The van der Waals surface area contributed by atoms with Crippen LogP contribution in [0.4, 0.5) is 4.79 Å². The number of carbonyl (C=O) groups excluding carboxylic acids is 1. The van der Waals surface area contributed by atoms with Crippen molar-refractivity contribution in [2.75, 3.05) is 13.1 Å². The van der Waals surface area contributed by atoms with Crippen molar-refractivity contribution in [2.45, 2.75) is 39.4 Å². The van der Waals surface area contributed by atoms with E-state index in [0.29, 0.717) is 13.1 Å². The van der Waals surface area contributed by atoms with Gasteiger partial charge in [-0.25, -0.2) is 9.78 Å². The molecule has 0 saturated heterocycles. The Labute approximate surface area is 117 Å². The first-order valence-electron chi connectivity index (χ1n) is 6.76. The van der Waals surface area contributed by atoms with E-state index in [9.17, 15) is 9.59 Å². The number of carbonyl (C=O) groups is 2. The summed E-state index contributed by atoms with van der Waals surface area (Å²) in [6.07, 6.45) is 3.60. The number of imidazole rings is 1. The van der Waals surface area contributed by atoms with Gasteiger partial charge in [-0.1, -0.05) is 0 Å². The Balaban J connectivity index is 2.03. The number of carboxylic acid groups (broad SMARTS) is 1. The summed E-state index contributed by atoms with van der Waals surface area (Å²) in [5, 5.41) is 8.77. The number of fused-ring (bicyclic) bond motifs is 1. The molecule has 1 N–H and O–H groups in total. The molecule has 2 rings (SSSR count). The van der Waals surface area contributed by atoms with Gasteiger partial charge in [0.15, 0.2) is 0 Å². The van der Waals surface area contributed by atoms with Gasteiger partial charge in [-0.3, -0.25) is 4.79 Å². The number of aromatic nitrogens is 2. The van der Waals surface area contributed by atoms with Crippen molar-refractivity contribution in [1.82, 2.24) is 19.4 Å². The van der Waals surface area contributed by atoms with Crippen LogP contribution < -0.4 is 0 Å². The summed E-state index contributed by atoms with van der Waals surface area (Å²) in [5.41, 5.74) is 0. The molecule has 0 fully saturated rings. The Bertz CT molecular complexity index is 498. The molecule has 0 atom stereocenters. The summed E-state index contributed by atoms with van der Waals surface area (Å²) >= 11 is 0. The van der Waals surface area contributed by atoms with Crippen molar-refractivity contribution in [3.8, 4) is 0 Å². The summed E-state index contributed by atoms with van der Waals surface area (Å²) < 4.78 is 2.03. The largest absolute Gasteiger partial charge is 0.481 e. The molecule has 0 radical (unpaired) electrons. The lowest BCUT2D eigenvalue weighted by Crippen LogP contribution is -2.49. The average molecular weight is 280 g/mol. The van der Waals surface area contributed by atoms with Gasteiger partial charge in [0.2, 0.25) is 0 Å². The Morgan fingerprint density at radius 1 is 1.45 bits per heavy atom. The van der Waals surface area contributed by atoms with Gasteiger partial charge in [-0.05, 0) is 13.8 Å².